The van der Waals surface area contributed by atoms with E-state index in [1.807, 2.05) is 0 Å². The van der Waals surface area contributed by atoms with E-state index in [0.717, 1.165) is 56.7 Å². The van der Waals surface area contributed by atoms with Crippen molar-refractivity contribution in [1.82, 2.24) is 14.9 Å². The van der Waals surface area contributed by atoms with Gasteiger partial charge < -0.3 is 9.88 Å². The zero-order valence-electron chi connectivity index (χ0n) is 11.7. The van der Waals surface area contributed by atoms with E-state index < -0.39 is 10.8 Å². The molecule has 0 spiro atoms. The molecule has 2 aliphatic heterocycles. The number of imidazole rings is 1. The molecule has 0 saturated carbocycles. The summed E-state index contributed by atoms with van der Waals surface area (Å²) < 4.78 is 14.1. The first kappa shape index (κ1) is 13.3. The normalized spacial score (nSPS) is 27.2. The predicted octanol–water partition coefficient (Wildman–Crippen LogP) is 1.56. The number of rotatable bonds is 3. The fourth-order valence-corrected chi connectivity index (χ4v) is 4.53. The molecule has 0 unspecified atom stereocenters. The third-order valence-corrected chi connectivity index (χ3v) is 5.58. The van der Waals surface area contributed by atoms with Crippen LogP contribution in [-0.4, -0.2) is 31.8 Å². The van der Waals surface area contributed by atoms with Crippen molar-refractivity contribution in [2.75, 3.05) is 18.1 Å². The van der Waals surface area contributed by atoms with Crippen molar-refractivity contribution in [3.8, 4) is 0 Å². The molecule has 106 valence electrons. The van der Waals surface area contributed by atoms with E-state index in [2.05, 4.69) is 16.8 Å². The number of nitrogens with one attached hydrogen (secondary N) is 1. The molecule has 0 atom stereocenters. The Balaban J connectivity index is 1.93. The Kier molecular flexibility index (Phi) is 4.03. The molecule has 1 aromatic heterocycles. The fourth-order valence-electron chi connectivity index (χ4n) is 3.26. The summed E-state index contributed by atoms with van der Waals surface area (Å²) in [5, 5.41) is 3.41. The zero-order chi connectivity index (χ0) is 13.2. The molecule has 1 fully saturated rings. The van der Waals surface area contributed by atoms with Gasteiger partial charge in [0.25, 0.3) is 0 Å². The van der Waals surface area contributed by atoms with Crippen LogP contribution in [0, 0.1) is 0 Å². The van der Waals surface area contributed by atoms with E-state index in [4.69, 9.17) is 4.98 Å². The number of hydrogen-bond acceptors (Lipinski definition) is 3. The SMILES string of the molecule is CCCc1nc2c(n1C1CCS(=O)CC1)CCNC2. The zero-order valence-corrected chi connectivity index (χ0v) is 12.5. The van der Waals surface area contributed by atoms with Crippen molar-refractivity contribution in [2.45, 2.75) is 51.6 Å². The molecule has 4 nitrogen and oxygen atoms in total. The van der Waals surface area contributed by atoms with Crippen LogP contribution in [0.4, 0.5) is 0 Å². The number of aryl methyl sites for hydroxylation is 1. The van der Waals surface area contributed by atoms with E-state index in [-0.39, 0.29) is 0 Å². The summed E-state index contributed by atoms with van der Waals surface area (Å²) in [5.74, 6) is 2.98. The van der Waals surface area contributed by atoms with Gasteiger partial charge in [0, 0.05) is 60.0 Å². The van der Waals surface area contributed by atoms with Gasteiger partial charge in [-0.1, -0.05) is 6.92 Å². The Labute approximate surface area is 117 Å². The van der Waals surface area contributed by atoms with Crippen LogP contribution in [0.1, 0.15) is 49.4 Å². The lowest BCUT2D eigenvalue weighted by molar-refractivity contribution is 0.428. The van der Waals surface area contributed by atoms with Crippen LogP contribution in [0.5, 0.6) is 0 Å². The Morgan fingerprint density at radius 1 is 1.42 bits per heavy atom. The lowest BCUT2D eigenvalue weighted by Gasteiger charge is -2.27. The van der Waals surface area contributed by atoms with Crippen LogP contribution < -0.4 is 5.32 Å². The van der Waals surface area contributed by atoms with Crippen molar-refractivity contribution in [2.24, 2.45) is 0 Å². The molecule has 0 aromatic carbocycles. The van der Waals surface area contributed by atoms with Gasteiger partial charge >= 0.3 is 0 Å². The van der Waals surface area contributed by atoms with Gasteiger partial charge in [-0.15, -0.1) is 0 Å². The summed E-state index contributed by atoms with van der Waals surface area (Å²) >= 11 is 0. The standard InChI is InChI=1S/C14H23N3OS/c1-2-3-14-16-12-10-15-7-4-13(12)17(14)11-5-8-19(18)9-6-11/h11,15H,2-10H2,1H3. The Morgan fingerprint density at radius 3 is 2.95 bits per heavy atom. The molecular formula is C14H23N3OS. The average Bonchev–Trinajstić information content (AvgIpc) is 2.78. The van der Waals surface area contributed by atoms with Crippen LogP contribution >= 0.6 is 0 Å². The van der Waals surface area contributed by atoms with Gasteiger partial charge in [0.1, 0.15) is 5.82 Å². The highest BCUT2D eigenvalue weighted by molar-refractivity contribution is 7.85. The number of aromatic nitrogens is 2. The van der Waals surface area contributed by atoms with Crippen molar-refractivity contribution in [3.63, 3.8) is 0 Å². The molecule has 5 heteroatoms. The molecule has 3 rings (SSSR count). The molecule has 3 heterocycles. The smallest absolute Gasteiger partial charge is 0.109 e. The minimum atomic E-state index is -0.581. The first-order chi connectivity index (χ1) is 9.29. The second-order valence-electron chi connectivity index (χ2n) is 5.55. The molecule has 1 aromatic rings. The Hall–Kier alpha value is -0.680. The van der Waals surface area contributed by atoms with Crippen LogP contribution in [0.3, 0.4) is 0 Å². The first-order valence-corrected chi connectivity index (χ1v) is 8.93. The summed E-state index contributed by atoms with van der Waals surface area (Å²) in [5.41, 5.74) is 2.70. The fraction of sp³-hybridized carbons (Fsp3) is 0.786. The molecular weight excluding hydrogens is 258 g/mol. The molecule has 0 bridgehead atoms. The topological polar surface area (TPSA) is 46.9 Å². The molecule has 0 amide bonds. The summed E-state index contributed by atoms with van der Waals surface area (Å²) in [7, 11) is -0.581. The van der Waals surface area contributed by atoms with Gasteiger partial charge in [-0.25, -0.2) is 4.98 Å². The van der Waals surface area contributed by atoms with Gasteiger partial charge in [-0.05, 0) is 19.3 Å². The monoisotopic (exact) mass is 281 g/mol. The molecule has 0 aliphatic carbocycles. The maximum absolute atomic E-state index is 11.6. The Bertz CT molecular complexity index is 473. The van der Waals surface area contributed by atoms with Crippen LogP contribution in [0.15, 0.2) is 0 Å². The third-order valence-electron chi connectivity index (χ3n) is 4.19. The molecule has 1 saturated heterocycles. The number of hydrogen-bond donors (Lipinski definition) is 1. The van der Waals surface area contributed by atoms with E-state index in [1.165, 1.54) is 17.2 Å². The predicted molar refractivity (Wildman–Crippen MR) is 77.8 cm³/mol. The van der Waals surface area contributed by atoms with Crippen LogP contribution in [-0.2, 0) is 30.2 Å². The maximum Gasteiger partial charge on any atom is 0.109 e. The molecule has 2 aliphatic rings. The van der Waals surface area contributed by atoms with Crippen molar-refractivity contribution >= 4 is 10.8 Å². The number of nitrogens with zero attached hydrogens (tertiary/aromatic N) is 2. The van der Waals surface area contributed by atoms with Gasteiger partial charge in [0.2, 0.25) is 0 Å². The van der Waals surface area contributed by atoms with Crippen LogP contribution in [0.2, 0.25) is 0 Å². The second kappa shape index (κ2) is 5.75. The summed E-state index contributed by atoms with van der Waals surface area (Å²) in [6, 6.07) is 0.536. The van der Waals surface area contributed by atoms with E-state index in [9.17, 15) is 4.21 Å². The van der Waals surface area contributed by atoms with Crippen molar-refractivity contribution in [3.05, 3.63) is 17.2 Å². The first-order valence-electron chi connectivity index (χ1n) is 7.44. The quantitative estimate of drug-likeness (QED) is 0.915. The largest absolute Gasteiger partial charge is 0.329 e. The summed E-state index contributed by atoms with van der Waals surface area (Å²) in [6.45, 7) is 4.19. The highest BCUT2D eigenvalue weighted by Crippen LogP contribution is 2.29. The van der Waals surface area contributed by atoms with Crippen molar-refractivity contribution in [1.29, 1.82) is 0 Å². The molecule has 19 heavy (non-hydrogen) atoms. The molecule has 1 N–H and O–H groups in total. The summed E-state index contributed by atoms with van der Waals surface area (Å²) in [4.78, 5) is 4.86. The summed E-state index contributed by atoms with van der Waals surface area (Å²) in [6.07, 6.45) is 5.40. The maximum atomic E-state index is 11.6. The van der Waals surface area contributed by atoms with E-state index >= 15 is 0 Å². The van der Waals surface area contributed by atoms with E-state index in [0.29, 0.717) is 6.04 Å². The minimum Gasteiger partial charge on any atom is -0.329 e. The second-order valence-corrected chi connectivity index (χ2v) is 7.24. The Morgan fingerprint density at radius 2 is 2.21 bits per heavy atom. The minimum absolute atomic E-state index is 0.536. The average molecular weight is 281 g/mol. The highest BCUT2D eigenvalue weighted by atomic mass is 32.2. The van der Waals surface area contributed by atoms with Crippen molar-refractivity contribution < 1.29 is 4.21 Å². The lowest BCUT2D eigenvalue weighted by atomic mass is 10.1. The lowest BCUT2D eigenvalue weighted by Crippen LogP contribution is -2.28. The van der Waals surface area contributed by atoms with Gasteiger partial charge in [0.15, 0.2) is 0 Å². The number of fused-ring (bicyclic) bond motifs is 1. The highest BCUT2D eigenvalue weighted by Gasteiger charge is 2.27. The third kappa shape index (κ3) is 2.63. The van der Waals surface area contributed by atoms with Gasteiger partial charge in [-0.3, -0.25) is 4.21 Å². The van der Waals surface area contributed by atoms with E-state index in [1.54, 1.807) is 0 Å². The van der Waals surface area contributed by atoms with Crippen LogP contribution in [0.25, 0.3) is 0 Å². The molecule has 0 radical (unpaired) electrons. The van der Waals surface area contributed by atoms with Gasteiger partial charge in [-0.2, -0.15) is 0 Å². The van der Waals surface area contributed by atoms with Gasteiger partial charge in [0.05, 0.1) is 5.69 Å².